The highest BCUT2D eigenvalue weighted by Gasteiger charge is 2.32. The first kappa shape index (κ1) is 16.0. The fourth-order valence-corrected chi connectivity index (χ4v) is 1.98. The van der Waals surface area contributed by atoms with Crippen LogP contribution in [0.25, 0.3) is 0 Å². The van der Waals surface area contributed by atoms with Gasteiger partial charge < -0.3 is 5.32 Å². The third-order valence-electron chi connectivity index (χ3n) is 3.06. The van der Waals surface area contributed by atoms with Gasteiger partial charge in [-0.3, -0.25) is 9.48 Å². The topological polar surface area (TPSA) is 59.8 Å². The Hall–Kier alpha value is -2.38. The molecule has 1 heterocycles. The van der Waals surface area contributed by atoms with Crippen molar-refractivity contribution in [1.29, 1.82) is 0 Å². The van der Waals surface area contributed by atoms with Crippen LogP contribution in [0.4, 0.5) is 13.2 Å². The maximum absolute atomic E-state index is 12.8. The van der Waals surface area contributed by atoms with Crippen LogP contribution in [0.1, 0.15) is 24.0 Å². The van der Waals surface area contributed by atoms with E-state index >= 15 is 0 Å². The lowest BCUT2D eigenvalue weighted by Gasteiger charge is -2.13. The monoisotopic (exact) mass is 312 g/mol. The molecule has 0 fully saturated rings. The van der Waals surface area contributed by atoms with Crippen LogP contribution in [0.2, 0.25) is 0 Å². The highest BCUT2D eigenvalue weighted by molar-refractivity contribution is 5.75. The van der Waals surface area contributed by atoms with Crippen LogP contribution in [0.15, 0.2) is 36.9 Å². The summed E-state index contributed by atoms with van der Waals surface area (Å²) in [6.07, 6.45) is -0.732. The highest BCUT2D eigenvalue weighted by Crippen LogP contribution is 2.31. The summed E-state index contributed by atoms with van der Waals surface area (Å²) in [6.45, 7) is 0.393. The van der Waals surface area contributed by atoms with Crippen molar-refractivity contribution in [2.24, 2.45) is 0 Å². The van der Waals surface area contributed by atoms with Gasteiger partial charge in [0.05, 0.1) is 5.56 Å². The number of alkyl halides is 3. The average molecular weight is 312 g/mol. The van der Waals surface area contributed by atoms with Crippen LogP contribution in [0, 0.1) is 0 Å². The second kappa shape index (κ2) is 7.06. The minimum Gasteiger partial charge on any atom is -0.352 e. The maximum atomic E-state index is 12.8. The molecule has 0 saturated carbocycles. The van der Waals surface area contributed by atoms with Crippen molar-refractivity contribution >= 4 is 5.91 Å². The molecule has 0 aliphatic rings. The Labute approximate surface area is 125 Å². The van der Waals surface area contributed by atoms with Gasteiger partial charge in [-0.1, -0.05) is 18.2 Å². The Morgan fingerprint density at radius 1 is 1.27 bits per heavy atom. The van der Waals surface area contributed by atoms with E-state index in [2.05, 4.69) is 15.4 Å². The summed E-state index contributed by atoms with van der Waals surface area (Å²) in [5, 5.41) is 6.40. The van der Waals surface area contributed by atoms with Crippen LogP contribution < -0.4 is 5.32 Å². The summed E-state index contributed by atoms with van der Waals surface area (Å²) in [5.41, 5.74) is -0.669. The molecule has 0 aliphatic carbocycles. The largest absolute Gasteiger partial charge is 0.416 e. The molecule has 0 saturated heterocycles. The molecule has 1 amide bonds. The summed E-state index contributed by atoms with van der Waals surface area (Å²) in [7, 11) is 0. The van der Waals surface area contributed by atoms with Gasteiger partial charge in [-0.25, -0.2) is 4.98 Å². The van der Waals surface area contributed by atoms with Crippen molar-refractivity contribution in [2.75, 3.05) is 0 Å². The number of nitrogens with one attached hydrogen (secondary N) is 1. The molecular formula is C14H15F3N4O. The first-order valence-corrected chi connectivity index (χ1v) is 6.71. The highest BCUT2D eigenvalue weighted by atomic mass is 19.4. The fraction of sp³-hybridized carbons (Fsp3) is 0.357. The predicted octanol–water partition coefficient (Wildman–Crippen LogP) is 2.39. The Morgan fingerprint density at radius 3 is 2.73 bits per heavy atom. The normalized spacial score (nSPS) is 11.4. The van der Waals surface area contributed by atoms with E-state index in [-0.39, 0.29) is 24.4 Å². The first-order valence-electron chi connectivity index (χ1n) is 6.71. The van der Waals surface area contributed by atoms with Crippen LogP contribution in [0.3, 0.4) is 0 Å². The summed E-state index contributed by atoms with van der Waals surface area (Å²) in [4.78, 5) is 15.4. The third kappa shape index (κ3) is 4.57. The van der Waals surface area contributed by atoms with Gasteiger partial charge in [0.25, 0.3) is 0 Å². The van der Waals surface area contributed by atoms with Crippen molar-refractivity contribution in [3.05, 3.63) is 48.0 Å². The Bertz CT molecular complexity index is 611. The lowest BCUT2D eigenvalue weighted by Crippen LogP contribution is -2.24. The van der Waals surface area contributed by atoms with E-state index in [1.807, 2.05) is 0 Å². The van der Waals surface area contributed by atoms with E-state index in [0.29, 0.717) is 13.0 Å². The molecule has 1 N–H and O–H groups in total. The second-order valence-corrected chi connectivity index (χ2v) is 4.69. The van der Waals surface area contributed by atoms with Crippen molar-refractivity contribution in [2.45, 2.75) is 32.1 Å². The number of aryl methyl sites for hydroxylation is 1. The molecule has 0 bridgehead atoms. The molecule has 0 unspecified atom stereocenters. The quantitative estimate of drug-likeness (QED) is 0.891. The fourth-order valence-electron chi connectivity index (χ4n) is 1.98. The number of aromatic nitrogens is 3. The van der Waals surface area contributed by atoms with E-state index in [1.54, 1.807) is 4.68 Å². The SMILES string of the molecule is O=C(CCCn1cncn1)NCc1ccccc1C(F)(F)F. The van der Waals surface area contributed by atoms with Gasteiger partial charge in [0.1, 0.15) is 12.7 Å². The summed E-state index contributed by atoms with van der Waals surface area (Å²) >= 11 is 0. The zero-order chi connectivity index (χ0) is 16.0. The molecule has 0 radical (unpaired) electrons. The van der Waals surface area contributed by atoms with Crippen molar-refractivity contribution in [3.63, 3.8) is 0 Å². The number of halogens is 3. The molecule has 1 aromatic carbocycles. The molecule has 1 aromatic heterocycles. The van der Waals surface area contributed by atoms with Crippen molar-refractivity contribution < 1.29 is 18.0 Å². The van der Waals surface area contributed by atoms with E-state index in [1.165, 1.54) is 30.9 Å². The van der Waals surface area contributed by atoms with Crippen LogP contribution in [-0.2, 0) is 24.1 Å². The standard InChI is InChI=1S/C14H15F3N4O/c15-14(16,17)12-5-2-1-4-11(12)8-19-13(22)6-3-7-21-10-18-9-20-21/h1-2,4-5,9-10H,3,6-8H2,(H,19,22). The predicted molar refractivity (Wildman–Crippen MR) is 72.5 cm³/mol. The summed E-state index contributed by atoms with van der Waals surface area (Å²) in [5.74, 6) is -0.294. The molecule has 5 nitrogen and oxygen atoms in total. The number of hydrogen-bond donors (Lipinski definition) is 1. The van der Waals surface area contributed by atoms with Crippen LogP contribution >= 0.6 is 0 Å². The summed E-state index contributed by atoms with van der Waals surface area (Å²) in [6, 6.07) is 5.21. The zero-order valence-electron chi connectivity index (χ0n) is 11.7. The van der Waals surface area contributed by atoms with E-state index < -0.39 is 11.7 Å². The van der Waals surface area contributed by atoms with Gasteiger partial charge >= 0.3 is 6.18 Å². The minimum absolute atomic E-state index is 0.0552. The molecule has 8 heteroatoms. The van der Waals surface area contributed by atoms with Gasteiger partial charge in [0, 0.05) is 19.5 Å². The Morgan fingerprint density at radius 2 is 2.05 bits per heavy atom. The average Bonchev–Trinajstić information content (AvgIpc) is 2.98. The number of amides is 1. The van der Waals surface area contributed by atoms with E-state index in [0.717, 1.165) is 6.07 Å². The van der Waals surface area contributed by atoms with Crippen LogP contribution in [0.5, 0.6) is 0 Å². The zero-order valence-corrected chi connectivity index (χ0v) is 11.7. The molecule has 0 aliphatic heterocycles. The van der Waals surface area contributed by atoms with Gasteiger partial charge in [-0.05, 0) is 18.1 Å². The molecule has 2 aromatic rings. The molecule has 0 spiro atoms. The van der Waals surface area contributed by atoms with Gasteiger partial charge in [-0.15, -0.1) is 0 Å². The number of rotatable bonds is 6. The number of nitrogens with zero attached hydrogens (tertiary/aromatic N) is 3. The van der Waals surface area contributed by atoms with Crippen molar-refractivity contribution in [3.8, 4) is 0 Å². The van der Waals surface area contributed by atoms with E-state index in [9.17, 15) is 18.0 Å². The number of benzene rings is 1. The molecule has 22 heavy (non-hydrogen) atoms. The minimum atomic E-state index is -4.42. The van der Waals surface area contributed by atoms with E-state index in [4.69, 9.17) is 0 Å². The number of carbonyl (C=O) groups excluding carboxylic acids is 1. The van der Waals surface area contributed by atoms with Gasteiger partial charge in [0.2, 0.25) is 5.91 Å². The lowest BCUT2D eigenvalue weighted by molar-refractivity contribution is -0.138. The third-order valence-corrected chi connectivity index (χ3v) is 3.06. The lowest BCUT2D eigenvalue weighted by atomic mass is 10.1. The Balaban J connectivity index is 1.81. The second-order valence-electron chi connectivity index (χ2n) is 4.69. The molecular weight excluding hydrogens is 297 g/mol. The summed E-state index contributed by atoms with van der Waals surface area (Å²) < 4.78 is 40.0. The molecule has 118 valence electrons. The molecule has 2 rings (SSSR count). The first-order chi connectivity index (χ1) is 10.5. The van der Waals surface area contributed by atoms with Crippen LogP contribution in [-0.4, -0.2) is 20.7 Å². The van der Waals surface area contributed by atoms with Gasteiger partial charge in [-0.2, -0.15) is 18.3 Å². The Kier molecular flexibility index (Phi) is 5.13. The van der Waals surface area contributed by atoms with Crippen molar-refractivity contribution in [1.82, 2.24) is 20.1 Å². The molecule has 0 atom stereocenters. The van der Waals surface area contributed by atoms with Gasteiger partial charge in [0.15, 0.2) is 0 Å². The number of carbonyl (C=O) groups is 1. The maximum Gasteiger partial charge on any atom is 0.416 e. The smallest absolute Gasteiger partial charge is 0.352 e. The number of hydrogen-bond acceptors (Lipinski definition) is 3.